The van der Waals surface area contributed by atoms with Gasteiger partial charge in [0.15, 0.2) is 0 Å². The Hall–Kier alpha value is -0.890. The molecule has 0 heterocycles. The van der Waals surface area contributed by atoms with Gasteiger partial charge in [-0.2, -0.15) is 0 Å². The molecule has 1 atom stereocenters. The van der Waals surface area contributed by atoms with Gasteiger partial charge in [0, 0.05) is 18.0 Å². The lowest BCUT2D eigenvalue weighted by atomic mass is 9.87. The van der Waals surface area contributed by atoms with Crippen LogP contribution in [-0.4, -0.2) is 12.1 Å². The van der Waals surface area contributed by atoms with E-state index in [2.05, 4.69) is 39.9 Å². The fraction of sp³-hybridized carbons (Fsp3) is 0.600. The summed E-state index contributed by atoms with van der Waals surface area (Å²) in [6.45, 7) is 11.5. The highest BCUT2D eigenvalue weighted by Gasteiger charge is 2.21. The van der Waals surface area contributed by atoms with Gasteiger partial charge in [0.25, 0.3) is 0 Å². The molecule has 1 nitrogen and oxygen atoms in total. The van der Waals surface area contributed by atoms with Crippen LogP contribution in [0.25, 0.3) is 0 Å². The molecule has 0 aromatic heterocycles. The lowest BCUT2D eigenvalue weighted by Crippen LogP contribution is -2.39. The van der Waals surface area contributed by atoms with Crippen molar-refractivity contribution in [1.29, 1.82) is 0 Å². The van der Waals surface area contributed by atoms with Gasteiger partial charge in [0.2, 0.25) is 0 Å². The minimum absolute atomic E-state index is 0.0679. The van der Waals surface area contributed by atoms with E-state index in [9.17, 15) is 4.39 Å². The van der Waals surface area contributed by atoms with Gasteiger partial charge in [0.1, 0.15) is 5.82 Å². The summed E-state index contributed by atoms with van der Waals surface area (Å²) in [5.74, 6) is 0.541. The minimum Gasteiger partial charge on any atom is -0.311 e. The first-order valence-corrected chi connectivity index (χ1v) is 6.30. The smallest absolute Gasteiger partial charge is 0.126 e. The average molecular weight is 237 g/mol. The molecule has 0 bridgehead atoms. The first kappa shape index (κ1) is 14.2. The summed E-state index contributed by atoms with van der Waals surface area (Å²) in [4.78, 5) is 0. The zero-order chi connectivity index (χ0) is 13.1. The largest absolute Gasteiger partial charge is 0.311 e. The van der Waals surface area contributed by atoms with Gasteiger partial charge in [-0.3, -0.25) is 0 Å². The molecular formula is C15H24FN. The molecule has 96 valence electrons. The molecule has 1 aromatic carbocycles. The third-order valence-electron chi connectivity index (χ3n) is 2.96. The van der Waals surface area contributed by atoms with Gasteiger partial charge < -0.3 is 5.32 Å². The maximum Gasteiger partial charge on any atom is 0.126 e. The third-order valence-corrected chi connectivity index (χ3v) is 2.96. The van der Waals surface area contributed by atoms with E-state index in [1.54, 1.807) is 12.1 Å². The first-order valence-electron chi connectivity index (χ1n) is 6.30. The average Bonchev–Trinajstić information content (AvgIpc) is 2.18. The molecule has 0 amide bonds. The molecule has 0 aliphatic rings. The highest BCUT2D eigenvalue weighted by atomic mass is 19.1. The van der Waals surface area contributed by atoms with E-state index in [-0.39, 0.29) is 17.3 Å². The summed E-state index contributed by atoms with van der Waals surface area (Å²) >= 11 is 0. The zero-order valence-corrected chi connectivity index (χ0v) is 11.5. The quantitative estimate of drug-likeness (QED) is 0.836. The summed E-state index contributed by atoms with van der Waals surface area (Å²) in [6, 6.07) is 7.09. The van der Waals surface area contributed by atoms with Crippen molar-refractivity contribution in [3.63, 3.8) is 0 Å². The van der Waals surface area contributed by atoms with Gasteiger partial charge >= 0.3 is 0 Å². The maximum atomic E-state index is 13.8. The topological polar surface area (TPSA) is 12.0 Å². The number of nitrogens with one attached hydrogen (secondary N) is 1. The molecule has 0 saturated heterocycles. The van der Waals surface area contributed by atoms with Crippen LogP contribution in [0.2, 0.25) is 0 Å². The van der Waals surface area contributed by atoms with Crippen LogP contribution in [0.1, 0.15) is 46.1 Å². The first-order chi connectivity index (χ1) is 7.81. The molecule has 0 saturated carbocycles. The van der Waals surface area contributed by atoms with Crippen LogP contribution in [-0.2, 0) is 0 Å². The number of rotatable bonds is 4. The van der Waals surface area contributed by atoms with Crippen LogP contribution >= 0.6 is 0 Å². The van der Waals surface area contributed by atoms with Crippen molar-refractivity contribution in [3.05, 3.63) is 35.6 Å². The van der Waals surface area contributed by atoms with Gasteiger partial charge in [-0.15, -0.1) is 0 Å². The Labute approximate surface area is 104 Å². The van der Waals surface area contributed by atoms with Crippen LogP contribution in [0.4, 0.5) is 4.39 Å². The molecule has 1 N–H and O–H groups in total. The predicted molar refractivity (Wildman–Crippen MR) is 71.7 cm³/mol. The van der Waals surface area contributed by atoms with Crippen molar-refractivity contribution in [2.75, 3.05) is 6.54 Å². The highest BCUT2D eigenvalue weighted by molar-refractivity contribution is 5.22. The normalized spacial score (nSPS) is 14.1. The second-order valence-corrected chi connectivity index (χ2v) is 6.00. The number of hydrogen-bond acceptors (Lipinski definition) is 1. The van der Waals surface area contributed by atoms with Crippen molar-refractivity contribution < 1.29 is 4.39 Å². The van der Waals surface area contributed by atoms with E-state index in [0.29, 0.717) is 5.92 Å². The third kappa shape index (κ3) is 4.47. The summed E-state index contributed by atoms with van der Waals surface area (Å²) in [5.41, 5.74) is 0.887. The van der Waals surface area contributed by atoms with Crippen molar-refractivity contribution in [1.82, 2.24) is 5.32 Å². The van der Waals surface area contributed by atoms with Gasteiger partial charge in [-0.1, -0.05) is 32.0 Å². The van der Waals surface area contributed by atoms with Crippen LogP contribution in [0, 0.1) is 11.7 Å². The zero-order valence-electron chi connectivity index (χ0n) is 11.5. The molecule has 2 heteroatoms. The predicted octanol–water partition coefficient (Wildman–Crippen LogP) is 3.95. The summed E-state index contributed by atoms with van der Waals surface area (Å²) in [5, 5.41) is 3.46. The standard InChI is InChI=1S/C15H24FN/c1-11(2)13(10-17-15(3,4)5)12-8-6-7-9-14(12)16/h6-9,11,13,17H,10H2,1-5H3. The van der Waals surface area contributed by atoms with E-state index in [1.165, 1.54) is 0 Å². The lowest BCUT2D eigenvalue weighted by Gasteiger charge is -2.28. The molecule has 0 fully saturated rings. The Morgan fingerprint density at radius 3 is 2.24 bits per heavy atom. The second kappa shape index (κ2) is 5.63. The van der Waals surface area contributed by atoms with E-state index in [0.717, 1.165) is 12.1 Å². The molecule has 0 radical (unpaired) electrons. The van der Waals surface area contributed by atoms with Gasteiger partial charge in [-0.25, -0.2) is 4.39 Å². The molecule has 0 aliphatic heterocycles. The molecular weight excluding hydrogens is 213 g/mol. The minimum atomic E-state index is -0.0955. The summed E-state index contributed by atoms with van der Waals surface area (Å²) < 4.78 is 13.8. The Morgan fingerprint density at radius 1 is 1.18 bits per heavy atom. The van der Waals surface area contributed by atoms with Gasteiger partial charge in [-0.05, 0) is 38.3 Å². The van der Waals surface area contributed by atoms with Gasteiger partial charge in [0.05, 0.1) is 0 Å². The fourth-order valence-corrected chi connectivity index (χ4v) is 1.90. The molecule has 1 rings (SSSR count). The lowest BCUT2D eigenvalue weighted by molar-refractivity contribution is 0.366. The fourth-order valence-electron chi connectivity index (χ4n) is 1.90. The molecule has 1 aromatic rings. The van der Waals surface area contributed by atoms with Crippen LogP contribution < -0.4 is 5.32 Å². The number of hydrogen-bond donors (Lipinski definition) is 1. The van der Waals surface area contributed by atoms with Crippen LogP contribution in [0.3, 0.4) is 0 Å². The van der Waals surface area contributed by atoms with Crippen molar-refractivity contribution in [3.8, 4) is 0 Å². The summed E-state index contributed by atoms with van der Waals surface area (Å²) in [7, 11) is 0. The van der Waals surface area contributed by atoms with E-state index in [4.69, 9.17) is 0 Å². The Morgan fingerprint density at radius 2 is 1.76 bits per heavy atom. The maximum absolute atomic E-state index is 13.8. The van der Waals surface area contributed by atoms with E-state index >= 15 is 0 Å². The second-order valence-electron chi connectivity index (χ2n) is 6.00. The van der Waals surface area contributed by atoms with Crippen molar-refractivity contribution in [2.24, 2.45) is 5.92 Å². The van der Waals surface area contributed by atoms with Crippen molar-refractivity contribution in [2.45, 2.75) is 46.1 Å². The van der Waals surface area contributed by atoms with Crippen LogP contribution in [0.15, 0.2) is 24.3 Å². The Kier molecular flexibility index (Phi) is 4.70. The highest BCUT2D eigenvalue weighted by Crippen LogP contribution is 2.26. The van der Waals surface area contributed by atoms with E-state index in [1.807, 2.05) is 12.1 Å². The molecule has 1 unspecified atom stereocenters. The van der Waals surface area contributed by atoms with Crippen molar-refractivity contribution >= 4 is 0 Å². The molecule has 0 aliphatic carbocycles. The number of benzene rings is 1. The SMILES string of the molecule is CC(C)C(CNC(C)(C)C)c1ccccc1F. The van der Waals surface area contributed by atoms with Crippen LogP contribution in [0.5, 0.6) is 0 Å². The molecule has 0 spiro atoms. The molecule has 17 heavy (non-hydrogen) atoms. The monoisotopic (exact) mass is 237 g/mol. The summed E-state index contributed by atoms with van der Waals surface area (Å²) in [6.07, 6.45) is 0. The number of halogens is 1. The Bertz CT molecular complexity index is 352. The van der Waals surface area contributed by atoms with E-state index < -0.39 is 0 Å². The Balaban J connectivity index is 2.84.